The summed E-state index contributed by atoms with van der Waals surface area (Å²) in [5.41, 5.74) is 0.552. The average molecular weight is 368 g/mol. The molecule has 1 N–H and O–H groups in total. The monoisotopic (exact) mass is 368 g/mol. The van der Waals surface area contributed by atoms with Crippen molar-refractivity contribution in [3.8, 4) is 0 Å². The van der Waals surface area contributed by atoms with Gasteiger partial charge in [-0.3, -0.25) is 14.5 Å². The molecule has 2 heterocycles. The molecule has 1 saturated heterocycles. The van der Waals surface area contributed by atoms with Gasteiger partial charge in [-0.2, -0.15) is 0 Å². The summed E-state index contributed by atoms with van der Waals surface area (Å²) in [5.74, 6) is 0.758. The van der Waals surface area contributed by atoms with Crippen LogP contribution in [0.15, 0.2) is 29.1 Å². The van der Waals surface area contributed by atoms with Crippen LogP contribution in [-0.4, -0.2) is 57.9 Å². The first kappa shape index (κ1) is 18.2. The van der Waals surface area contributed by atoms with Crippen LogP contribution in [-0.2, 0) is 11.2 Å². The zero-order chi connectivity index (χ0) is 18.6. The maximum absolute atomic E-state index is 12.7. The first-order valence-corrected chi connectivity index (χ1v) is 10.2. The van der Waals surface area contributed by atoms with E-state index in [0.29, 0.717) is 29.6 Å². The predicted molar refractivity (Wildman–Crippen MR) is 106 cm³/mol. The first-order valence-electron chi connectivity index (χ1n) is 10.2. The minimum atomic E-state index is -0.134. The fourth-order valence-corrected chi connectivity index (χ4v) is 4.46. The highest BCUT2D eigenvalue weighted by atomic mass is 16.2. The Kier molecular flexibility index (Phi) is 5.53. The molecule has 1 saturated carbocycles. The van der Waals surface area contributed by atoms with Gasteiger partial charge >= 0.3 is 0 Å². The van der Waals surface area contributed by atoms with Crippen molar-refractivity contribution in [1.29, 1.82) is 0 Å². The average Bonchev–Trinajstić information content (AvgIpc) is 3.11. The molecule has 2 aromatic rings. The molecule has 144 valence electrons. The maximum Gasteiger partial charge on any atom is 0.258 e. The van der Waals surface area contributed by atoms with Crippen molar-refractivity contribution in [2.75, 3.05) is 26.2 Å². The van der Waals surface area contributed by atoms with Gasteiger partial charge < -0.3 is 9.88 Å². The Morgan fingerprint density at radius 2 is 1.89 bits per heavy atom. The van der Waals surface area contributed by atoms with Gasteiger partial charge in [0.15, 0.2) is 0 Å². The van der Waals surface area contributed by atoms with Gasteiger partial charge in [0.2, 0.25) is 5.91 Å². The molecule has 0 radical (unpaired) electrons. The molecule has 1 aromatic carbocycles. The van der Waals surface area contributed by atoms with Crippen LogP contribution in [0.3, 0.4) is 0 Å². The van der Waals surface area contributed by atoms with E-state index in [4.69, 9.17) is 0 Å². The summed E-state index contributed by atoms with van der Waals surface area (Å²) in [6.07, 6.45) is 7.24. The van der Waals surface area contributed by atoms with Crippen LogP contribution in [0.25, 0.3) is 10.9 Å². The number of H-pyrrole nitrogens is 1. The summed E-state index contributed by atoms with van der Waals surface area (Å²) >= 11 is 0. The second-order valence-corrected chi connectivity index (χ2v) is 7.74. The van der Waals surface area contributed by atoms with Gasteiger partial charge in [-0.1, -0.05) is 25.0 Å². The zero-order valence-corrected chi connectivity index (χ0v) is 15.8. The molecule has 0 bridgehead atoms. The van der Waals surface area contributed by atoms with Crippen LogP contribution in [0, 0.1) is 0 Å². The molecule has 0 spiro atoms. The highest BCUT2D eigenvalue weighted by Gasteiger charge is 2.26. The zero-order valence-electron chi connectivity index (χ0n) is 15.8. The van der Waals surface area contributed by atoms with Crippen molar-refractivity contribution < 1.29 is 4.79 Å². The molecule has 6 nitrogen and oxygen atoms in total. The minimum absolute atomic E-state index is 0.134. The molecule has 2 aliphatic rings. The third-order valence-corrected chi connectivity index (χ3v) is 5.96. The lowest BCUT2D eigenvalue weighted by Gasteiger charge is -2.27. The van der Waals surface area contributed by atoms with E-state index in [1.807, 2.05) is 23.1 Å². The molecular weight excluding hydrogens is 340 g/mol. The summed E-state index contributed by atoms with van der Waals surface area (Å²) in [4.78, 5) is 36.7. The standard InChI is InChI=1S/C21H28N4O2/c26-20(25-13-5-12-24(14-15-25)16-6-1-2-7-16)11-10-19-22-18-9-4-3-8-17(18)21(27)23-19/h3-4,8-9,16H,1-2,5-7,10-15H2,(H,22,23,27). The largest absolute Gasteiger partial charge is 0.341 e. The lowest BCUT2D eigenvalue weighted by molar-refractivity contribution is -0.131. The molecule has 0 atom stereocenters. The molecule has 1 aliphatic heterocycles. The van der Waals surface area contributed by atoms with Crippen molar-refractivity contribution in [2.45, 2.75) is 51.0 Å². The number of carbonyl (C=O) groups excluding carboxylic acids is 1. The van der Waals surface area contributed by atoms with E-state index in [2.05, 4.69) is 14.9 Å². The van der Waals surface area contributed by atoms with Gasteiger partial charge in [-0.15, -0.1) is 0 Å². The van der Waals surface area contributed by atoms with E-state index in [0.717, 1.165) is 38.6 Å². The maximum atomic E-state index is 12.7. The number of nitrogens with one attached hydrogen (secondary N) is 1. The van der Waals surface area contributed by atoms with Gasteiger partial charge in [0.25, 0.3) is 5.56 Å². The Bertz CT molecular complexity index is 857. The van der Waals surface area contributed by atoms with Crippen LogP contribution in [0.1, 0.15) is 44.3 Å². The Morgan fingerprint density at radius 3 is 2.74 bits per heavy atom. The molecule has 1 aromatic heterocycles. The summed E-state index contributed by atoms with van der Waals surface area (Å²) in [6.45, 7) is 3.75. The number of carbonyl (C=O) groups is 1. The molecular formula is C21H28N4O2. The predicted octanol–water partition coefficient (Wildman–Crippen LogP) is 2.33. The van der Waals surface area contributed by atoms with Crippen LogP contribution < -0.4 is 5.56 Å². The summed E-state index contributed by atoms with van der Waals surface area (Å²) in [5, 5.41) is 0.590. The lowest BCUT2D eigenvalue weighted by Crippen LogP contribution is -2.38. The lowest BCUT2D eigenvalue weighted by atomic mass is 10.2. The Balaban J connectivity index is 1.34. The number of aryl methyl sites for hydroxylation is 1. The second-order valence-electron chi connectivity index (χ2n) is 7.74. The fraction of sp³-hybridized carbons (Fsp3) is 0.571. The third-order valence-electron chi connectivity index (χ3n) is 5.96. The van der Waals surface area contributed by atoms with Gasteiger partial charge in [0.05, 0.1) is 10.9 Å². The topological polar surface area (TPSA) is 69.3 Å². The number of amides is 1. The Morgan fingerprint density at radius 1 is 1.07 bits per heavy atom. The van der Waals surface area contributed by atoms with Crippen LogP contribution in [0.4, 0.5) is 0 Å². The summed E-state index contributed by atoms with van der Waals surface area (Å²) in [6, 6.07) is 8.03. The number of hydrogen-bond acceptors (Lipinski definition) is 4. The van der Waals surface area contributed by atoms with Gasteiger partial charge in [0, 0.05) is 45.1 Å². The van der Waals surface area contributed by atoms with E-state index in [1.165, 1.54) is 25.7 Å². The van der Waals surface area contributed by atoms with Crippen molar-refractivity contribution in [2.24, 2.45) is 0 Å². The molecule has 0 unspecified atom stereocenters. The number of aromatic nitrogens is 2. The number of fused-ring (bicyclic) bond motifs is 1. The van der Waals surface area contributed by atoms with Crippen LogP contribution in [0.2, 0.25) is 0 Å². The van der Waals surface area contributed by atoms with Gasteiger partial charge in [0.1, 0.15) is 5.82 Å². The SMILES string of the molecule is O=C(CCc1nc2ccccc2c(=O)[nH]1)N1CCCN(C2CCCC2)CC1. The quantitative estimate of drug-likeness (QED) is 0.899. The minimum Gasteiger partial charge on any atom is -0.341 e. The number of aromatic amines is 1. The van der Waals surface area contributed by atoms with E-state index in [9.17, 15) is 9.59 Å². The first-order chi connectivity index (χ1) is 13.2. The number of rotatable bonds is 4. The molecule has 27 heavy (non-hydrogen) atoms. The van der Waals surface area contributed by atoms with Crippen molar-refractivity contribution in [3.63, 3.8) is 0 Å². The number of hydrogen-bond donors (Lipinski definition) is 1. The number of benzene rings is 1. The van der Waals surface area contributed by atoms with Crippen molar-refractivity contribution in [1.82, 2.24) is 19.8 Å². The molecule has 2 fully saturated rings. The van der Waals surface area contributed by atoms with Gasteiger partial charge in [-0.25, -0.2) is 4.98 Å². The molecule has 4 rings (SSSR count). The third kappa shape index (κ3) is 4.21. The summed E-state index contributed by atoms with van der Waals surface area (Å²) < 4.78 is 0. The van der Waals surface area contributed by atoms with Crippen molar-refractivity contribution in [3.05, 3.63) is 40.4 Å². The molecule has 6 heteroatoms. The summed E-state index contributed by atoms with van der Waals surface area (Å²) in [7, 11) is 0. The van der Waals surface area contributed by atoms with Crippen molar-refractivity contribution >= 4 is 16.8 Å². The smallest absolute Gasteiger partial charge is 0.258 e. The van der Waals surface area contributed by atoms with E-state index in [-0.39, 0.29) is 11.5 Å². The molecule has 1 aliphatic carbocycles. The second kappa shape index (κ2) is 8.21. The van der Waals surface area contributed by atoms with Crippen LogP contribution in [0.5, 0.6) is 0 Å². The van der Waals surface area contributed by atoms with E-state index < -0.39 is 0 Å². The molecule has 1 amide bonds. The van der Waals surface area contributed by atoms with Gasteiger partial charge in [-0.05, 0) is 31.4 Å². The number of para-hydroxylation sites is 1. The van der Waals surface area contributed by atoms with E-state index in [1.54, 1.807) is 6.07 Å². The highest BCUT2D eigenvalue weighted by Crippen LogP contribution is 2.24. The fourth-order valence-electron chi connectivity index (χ4n) is 4.46. The highest BCUT2D eigenvalue weighted by molar-refractivity contribution is 5.78. The number of nitrogens with zero attached hydrogens (tertiary/aromatic N) is 3. The Labute approximate surface area is 159 Å². The van der Waals surface area contributed by atoms with Crippen LogP contribution >= 0.6 is 0 Å². The normalized spacial score (nSPS) is 19.5. The Hall–Kier alpha value is -2.21. The van der Waals surface area contributed by atoms with E-state index >= 15 is 0 Å².